The Morgan fingerprint density at radius 2 is 1.35 bits per heavy atom. The van der Waals surface area contributed by atoms with Gasteiger partial charge in [0, 0.05) is 0 Å². The molecule has 0 bridgehead atoms. The third-order valence-electron chi connectivity index (χ3n) is 11.1. The molecule has 5 rings (SSSR count). The zero-order valence-corrected chi connectivity index (χ0v) is 25.6. The van der Waals surface area contributed by atoms with Gasteiger partial charge in [0.05, 0.1) is 0 Å². The molecule has 2 saturated carbocycles. The molecular formula is C39H55F. The highest BCUT2D eigenvalue weighted by Crippen LogP contribution is 2.44. The maximum Gasteiger partial charge on any atom is 0.126 e. The molecule has 0 amide bonds. The molecule has 40 heavy (non-hydrogen) atoms. The van der Waals surface area contributed by atoms with Crippen LogP contribution in [0.25, 0.3) is 5.57 Å². The van der Waals surface area contributed by atoms with Gasteiger partial charge in [0.1, 0.15) is 5.82 Å². The molecule has 0 radical (unpaired) electrons. The van der Waals surface area contributed by atoms with Crippen molar-refractivity contribution in [3.05, 3.63) is 76.6 Å². The van der Waals surface area contributed by atoms with E-state index in [9.17, 15) is 4.39 Å². The fourth-order valence-electron chi connectivity index (χ4n) is 8.29. The van der Waals surface area contributed by atoms with E-state index in [2.05, 4.69) is 56.3 Å². The molecule has 0 N–H and O–H groups in total. The summed E-state index contributed by atoms with van der Waals surface area (Å²) in [6.07, 6.45) is 25.9. The van der Waals surface area contributed by atoms with Crippen molar-refractivity contribution < 1.29 is 4.39 Å². The third-order valence-corrected chi connectivity index (χ3v) is 11.1. The Kier molecular flexibility index (Phi) is 11.0. The average Bonchev–Trinajstić information content (AvgIpc) is 3.01. The number of hydrogen-bond donors (Lipinski definition) is 0. The normalized spacial score (nSPS) is 27.4. The number of halogens is 1. The van der Waals surface area contributed by atoms with E-state index < -0.39 is 0 Å². The lowest BCUT2D eigenvalue weighted by atomic mass is 9.70. The van der Waals surface area contributed by atoms with Crippen molar-refractivity contribution in [2.45, 2.75) is 141 Å². The second-order valence-corrected chi connectivity index (χ2v) is 13.7. The van der Waals surface area contributed by atoms with Gasteiger partial charge in [0.25, 0.3) is 0 Å². The smallest absolute Gasteiger partial charge is 0.126 e. The Morgan fingerprint density at radius 3 is 2.00 bits per heavy atom. The molecule has 0 aliphatic heterocycles. The Bertz CT molecular complexity index is 1060. The van der Waals surface area contributed by atoms with Crippen molar-refractivity contribution in [3.63, 3.8) is 0 Å². The minimum absolute atomic E-state index is 0.0243. The maximum absolute atomic E-state index is 14.6. The van der Waals surface area contributed by atoms with Gasteiger partial charge in [-0.2, -0.15) is 0 Å². The van der Waals surface area contributed by atoms with Crippen LogP contribution < -0.4 is 0 Å². The zero-order chi connectivity index (χ0) is 27.7. The third kappa shape index (κ3) is 7.68. The number of hydrogen-bond acceptors (Lipinski definition) is 0. The van der Waals surface area contributed by atoms with E-state index in [-0.39, 0.29) is 5.82 Å². The number of rotatable bonds is 11. The summed E-state index contributed by atoms with van der Waals surface area (Å²) in [7, 11) is 0. The lowest BCUT2D eigenvalue weighted by Gasteiger charge is -2.36. The van der Waals surface area contributed by atoms with Crippen molar-refractivity contribution in [2.75, 3.05) is 0 Å². The molecular weight excluding hydrogens is 487 g/mol. The first-order chi connectivity index (χ1) is 19.6. The second kappa shape index (κ2) is 14.8. The van der Waals surface area contributed by atoms with E-state index in [1.54, 1.807) is 11.1 Å². The number of allylic oxidation sites excluding steroid dienone is 2. The van der Waals surface area contributed by atoms with E-state index >= 15 is 0 Å². The molecule has 0 nitrogen and oxygen atoms in total. The highest BCUT2D eigenvalue weighted by atomic mass is 19.1. The summed E-state index contributed by atoms with van der Waals surface area (Å²) in [5.41, 5.74) is 6.76. The standard InChI is InChI=1S/C39H55F/c1-3-5-7-8-29-10-12-30(13-11-29)31-14-16-32(17-15-31)33-18-20-34(21-19-33)35-22-24-36(25-23-35)38-27-26-37(9-6-4-2)39(40)28-38/h14-18,26-30,34-36H,3-13,19-25H2,1-2H3. The Hall–Kier alpha value is -1.89. The summed E-state index contributed by atoms with van der Waals surface area (Å²) in [5, 5.41) is 0. The van der Waals surface area contributed by atoms with E-state index in [1.165, 1.54) is 107 Å². The van der Waals surface area contributed by atoms with E-state index in [0.29, 0.717) is 5.92 Å². The molecule has 1 heteroatoms. The summed E-state index contributed by atoms with van der Waals surface area (Å²) in [6, 6.07) is 15.9. The highest BCUT2D eigenvalue weighted by Gasteiger charge is 2.30. The van der Waals surface area contributed by atoms with Gasteiger partial charge in [-0.25, -0.2) is 4.39 Å². The maximum atomic E-state index is 14.6. The summed E-state index contributed by atoms with van der Waals surface area (Å²) in [4.78, 5) is 0. The molecule has 0 aromatic heterocycles. The fourth-order valence-corrected chi connectivity index (χ4v) is 8.29. The van der Waals surface area contributed by atoms with Crippen molar-refractivity contribution in [1.29, 1.82) is 0 Å². The molecule has 0 heterocycles. The van der Waals surface area contributed by atoms with Gasteiger partial charge >= 0.3 is 0 Å². The van der Waals surface area contributed by atoms with Crippen LogP contribution >= 0.6 is 0 Å². The quantitative estimate of drug-likeness (QED) is 0.248. The molecule has 1 atom stereocenters. The monoisotopic (exact) mass is 542 g/mol. The Labute approximate surface area is 245 Å². The van der Waals surface area contributed by atoms with Crippen LogP contribution in [0.1, 0.15) is 157 Å². The van der Waals surface area contributed by atoms with Gasteiger partial charge in [-0.15, -0.1) is 0 Å². The predicted octanol–water partition coefficient (Wildman–Crippen LogP) is 12.2. The lowest BCUT2D eigenvalue weighted by molar-refractivity contribution is 0.220. The summed E-state index contributed by atoms with van der Waals surface area (Å²) in [5.74, 6) is 4.03. The number of benzene rings is 2. The van der Waals surface area contributed by atoms with E-state index in [4.69, 9.17) is 0 Å². The summed E-state index contributed by atoms with van der Waals surface area (Å²) in [6.45, 7) is 4.49. The first kappa shape index (κ1) is 29.6. The van der Waals surface area contributed by atoms with Crippen LogP contribution in [0.4, 0.5) is 4.39 Å². The van der Waals surface area contributed by atoms with E-state index in [1.807, 2.05) is 6.07 Å². The predicted molar refractivity (Wildman–Crippen MR) is 170 cm³/mol. The second-order valence-electron chi connectivity index (χ2n) is 13.7. The van der Waals surface area contributed by atoms with Gasteiger partial charge in [-0.05, 0) is 147 Å². The Balaban J connectivity index is 1.07. The van der Waals surface area contributed by atoms with Crippen LogP contribution in [-0.4, -0.2) is 0 Å². The van der Waals surface area contributed by atoms with Gasteiger partial charge in [0.15, 0.2) is 0 Å². The topological polar surface area (TPSA) is 0 Å². The van der Waals surface area contributed by atoms with Crippen molar-refractivity contribution in [3.8, 4) is 0 Å². The van der Waals surface area contributed by atoms with Crippen LogP contribution in [0.2, 0.25) is 0 Å². The highest BCUT2D eigenvalue weighted by molar-refractivity contribution is 5.66. The Morgan fingerprint density at radius 1 is 0.675 bits per heavy atom. The van der Waals surface area contributed by atoms with E-state index in [0.717, 1.165) is 48.5 Å². The van der Waals surface area contributed by atoms with Crippen LogP contribution in [-0.2, 0) is 6.42 Å². The van der Waals surface area contributed by atoms with Gasteiger partial charge in [0.2, 0.25) is 0 Å². The minimum atomic E-state index is 0.0243. The molecule has 2 fully saturated rings. The molecule has 0 saturated heterocycles. The van der Waals surface area contributed by atoms with Crippen LogP contribution in [0.15, 0.2) is 48.5 Å². The van der Waals surface area contributed by atoms with Gasteiger partial charge in [-0.1, -0.05) is 88.4 Å². The lowest BCUT2D eigenvalue weighted by Crippen LogP contribution is -2.22. The minimum Gasteiger partial charge on any atom is -0.207 e. The molecule has 3 aliphatic rings. The van der Waals surface area contributed by atoms with Gasteiger partial charge in [-0.3, -0.25) is 0 Å². The van der Waals surface area contributed by atoms with Crippen LogP contribution in [0.5, 0.6) is 0 Å². The largest absolute Gasteiger partial charge is 0.207 e. The first-order valence-electron chi connectivity index (χ1n) is 17.2. The molecule has 0 spiro atoms. The SMILES string of the molecule is CCCCCC1CCC(c2ccc(C3=CCC(C4CCC(c5ccc(CCCC)c(F)c5)CC4)CC3)cc2)CC1. The summed E-state index contributed by atoms with van der Waals surface area (Å²) < 4.78 is 14.6. The van der Waals surface area contributed by atoms with Crippen LogP contribution in [0, 0.1) is 23.6 Å². The molecule has 2 aromatic rings. The number of unbranched alkanes of at least 4 members (excludes halogenated alkanes) is 3. The van der Waals surface area contributed by atoms with Crippen molar-refractivity contribution in [1.82, 2.24) is 0 Å². The van der Waals surface area contributed by atoms with Crippen molar-refractivity contribution in [2.24, 2.45) is 17.8 Å². The first-order valence-corrected chi connectivity index (χ1v) is 17.2. The summed E-state index contributed by atoms with van der Waals surface area (Å²) >= 11 is 0. The fraction of sp³-hybridized carbons (Fsp3) is 0.641. The van der Waals surface area contributed by atoms with Crippen LogP contribution in [0.3, 0.4) is 0 Å². The van der Waals surface area contributed by atoms with Gasteiger partial charge < -0.3 is 0 Å². The molecule has 218 valence electrons. The van der Waals surface area contributed by atoms with Crippen molar-refractivity contribution >= 4 is 5.57 Å². The molecule has 1 unspecified atom stereocenters. The average molecular weight is 543 g/mol. The zero-order valence-electron chi connectivity index (χ0n) is 25.6. The molecule has 2 aromatic carbocycles. The number of aryl methyl sites for hydroxylation is 1. The molecule has 3 aliphatic carbocycles.